The average molecular weight is 303 g/mol. The summed E-state index contributed by atoms with van der Waals surface area (Å²) in [6.07, 6.45) is 2.13. The van der Waals surface area contributed by atoms with Gasteiger partial charge in [0, 0.05) is 17.0 Å². The number of thiophene rings is 1. The third-order valence-corrected chi connectivity index (χ3v) is 4.74. The van der Waals surface area contributed by atoms with Gasteiger partial charge in [0.15, 0.2) is 0 Å². The molecule has 1 aromatic heterocycles. The molecule has 2 nitrogen and oxygen atoms in total. The largest absolute Gasteiger partial charge is 0.508 e. The van der Waals surface area contributed by atoms with E-state index in [4.69, 9.17) is 0 Å². The summed E-state index contributed by atoms with van der Waals surface area (Å²) in [7, 11) is 0. The summed E-state index contributed by atoms with van der Waals surface area (Å²) in [4.78, 5) is 1.42. The molecule has 0 fully saturated rings. The van der Waals surface area contributed by atoms with E-state index < -0.39 is 0 Å². The van der Waals surface area contributed by atoms with E-state index in [0.717, 1.165) is 12.8 Å². The van der Waals surface area contributed by atoms with Crippen molar-refractivity contribution in [1.29, 1.82) is 0 Å². The van der Waals surface area contributed by atoms with Crippen molar-refractivity contribution in [1.82, 2.24) is 5.32 Å². The Kier molecular flexibility index (Phi) is 5.83. The molecule has 0 aliphatic carbocycles. The first-order chi connectivity index (χ1) is 10.1. The van der Waals surface area contributed by atoms with Crippen molar-refractivity contribution in [2.24, 2.45) is 5.92 Å². The van der Waals surface area contributed by atoms with Gasteiger partial charge in [0.2, 0.25) is 0 Å². The zero-order chi connectivity index (χ0) is 15.2. The van der Waals surface area contributed by atoms with Crippen molar-refractivity contribution in [3.8, 4) is 5.75 Å². The molecule has 3 heteroatoms. The van der Waals surface area contributed by atoms with Gasteiger partial charge in [-0.2, -0.15) is 0 Å². The number of nitrogens with one attached hydrogen (secondary N) is 1. The number of aryl methyl sites for hydroxylation is 1. The molecule has 2 atom stereocenters. The van der Waals surface area contributed by atoms with Crippen LogP contribution in [0.25, 0.3) is 0 Å². The van der Waals surface area contributed by atoms with Crippen LogP contribution in [-0.4, -0.2) is 11.1 Å². The number of rotatable bonds is 7. The Labute approximate surface area is 131 Å². The second-order valence-electron chi connectivity index (χ2n) is 6.01. The molecule has 2 rings (SSSR count). The molecule has 2 unspecified atom stereocenters. The minimum absolute atomic E-state index is 0.336. The second-order valence-corrected chi connectivity index (χ2v) is 6.99. The van der Waals surface area contributed by atoms with Gasteiger partial charge < -0.3 is 10.4 Å². The van der Waals surface area contributed by atoms with Crippen molar-refractivity contribution >= 4 is 11.3 Å². The van der Waals surface area contributed by atoms with Gasteiger partial charge in [-0.05, 0) is 54.8 Å². The van der Waals surface area contributed by atoms with Crippen molar-refractivity contribution < 1.29 is 5.11 Å². The lowest BCUT2D eigenvalue weighted by atomic mass is 10.00. The Morgan fingerprint density at radius 3 is 2.38 bits per heavy atom. The molecule has 21 heavy (non-hydrogen) atoms. The summed E-state index contributed by atoms with van der Waals surface area (Å²) in [6.45, 7) is 6.79. The number of aromatic hydroxyl groups is 1. The molecule has 1 aromatic carbocycles. The van der Waals surface area contributed by atoms with Crippen LogP contribution in [0.1, 0.15) is 43.7 Å². The molecule has 0 amide bonds. The van der Waals surface area contributed by atoms with Gasteiger partial charge in [-0.15, -0.1) is 11.3 Å². The van der Waals surface area contributed by atoms with E-state index in [9.17, 15) is 5.11 Å². The Bertz CT molecular complexity index is 519. The van der Waals surface area contributed by atoms with Crippen LogP contribution in [0.15, 0.2) is 41.8 Å². The highest BCUT2D eigenvalue weighted by Gasteiger charge is 2.18. The third kappa shape index (κ3) is 4.87. The Morgan fingerprint density at radius 2 is 1.81 bits per heavy atom. The number of hydrogen-bond donors (Lipinski definition) is 2. The maximum Gasteiger partial charge on any atom is 0.115 e. The lowest BCUT2D eigenvalue weighted by molar-refractivity contribution is 0.364. The summed E-state index contributed by atoms with van der Waals surface area (Å²) >= 11 is 1.83. The molecule has 0 radical (unpaired) electrons. The van der Waals surface area contributed by atoms with E-state index in [1.807, 2.05) is 23.5 Å². The van der Waals surface area contributed by atoms with Gasteiger partial charge in [-0.3, -0.25) is 0 Å². The highest BCUT2D eigenvalue weighted by molar-refractivity contribution is 7.10. The topological polar surface area (TPSA) is 32.3 Å². The zero-order valence-corrected chi connectivity index (χ0v) is 13.9. The molecule has 114 valence electrons. The van der Waals surface area contributed by atoms with Gasteiger partial charge in [0.05, 0.1) is 0 Å². The highest BCUT2D eigenvalue weighted by atomic mass is 32.1. The molecule has 1 heterocycles. The average Bonchev–Trinajstić information content (AvgIpc) is 2.97. The van der Waals surface area contributed by atoms with Crippen LogP contribution < -0.4 is 5.32 Å². The first-order valence-corrected chi connectivity index (χ1v) is 8.51. The molecule has 0 saturated carbocycles. The maximum atomic E-state index is 9.31. The highest BCUT2D eigenvalue weighted by Crippen LogP contribution is 2.26. The SMILES string of the molecule is CC(CCc1ccc(O)cc1)NC(c1cccs1)C(C)C. The van der Waals surface area contributed by atoms with Crippen molar-refractivity contribution in [3.05, 3.63) is 52.2 Å². The van der Waals surface area contributed by atoms with Gasteiger partial charge in [0.1, 0.15) is 5.75 Å². The number of hydrogen-bond acceptors (Lipinski definition) is 3. The van der Waals surface area contributed by atoms with E-state index in [1.54, 1.807) is 12.1 Å². The molecular formula is C18H25NOS. The van der Waals surface area contributed by atoms with E-state index >= 15 is 0 Å². The Hall–Kier alpha value is -1.32. The van der Waals surface area contributed by atoms with Crippen LogP contribution in [0.5, 0.6) is 5.75 Å². The van der Waals surface area contributed by atoms with E-state index in [2.05, 4.69) is 43.6 Å². The normalized spacial score (nSPS) is 14.3. The molecule has 0 aliphatic heterocycles. The number of benzene rings is 1. The first kappa shape index (κ1) is 16.1. The molecule has 0 bridgehead atoms. The van der Waals surface area contributed by atoms with E-state index in [1.165, 1.54) is 10.4 Å². The minimum Gasteiger partial charge on any atom is -0.508 e. The van der Waals surface area contributed by atoms with Crippen LogP contribution in [0.3, 0.4) is 0 Å². The number of phenols is 1. The summed E-state index contributed by atoms with van der Waals surface area (Å²) in [5.74, 6) is 0.919. The smallest absolute Gasteiger partial charge is 0.115 e. The maximum absolute atomic E-state index is 9.31. The fourth-order valence-corrected chi connectivity index (χ4v) is 3.47. The van der Waals surface area contributed by atoms with Gasteiger partial charge in [0.25, 0.3) is 0 Å². The van der Waals surface area contributed by atoms with Gasteiger partial charge >= 0.3 is 0 Å². The predicted molar refractivity (Wildman–Crippen MR) is 90.9 cm³/mol. The summed E-state index contributed by atoms with van der Waals surface area (Å²) in [5, 5.41) is 15.2. The molecule has 2 N–H and O–H groups in total. The summed E-state index contributed by atoms with van der Waals surface area (Å²) in [6, 6.07) is 12.8. The van der Waals surface area contributed by atoms with Gasteiger partial charge in [-0.1, -0.05) is 32.0 Å². The molecule has 2 aromatic rings. The Balaban J connectivity index is 1.87. The van der Waals surface area contributed by atoms with E-state index in [-0.39, 0.29) is 0 Å². The van der Waals surface area contributed by atoms with Crippen LogP contribution in [0, 0.1) is 5.92 Å². The fourth-order valence-electron chi connectivity index (χ4n) is 2.51. The third-order valence-electron chi connectivity index (χ3n) is 3.78. The minimum atomic E-state index is 0.336. The molecular weight excluding hydrogens is 278 g/mol. The number of phenolic OH excluding ortho intramolecular Hbond substituents is 1. The van der Waals surface area contributed by atoms with Crippen molar-refractivity contribution in [3.63, 3.8) is 0 Å². The molecule has 0 saturated heterocycles. The van der Waals surface area contributed by atoms with Crippen LogP contribution >= 0.6 is 11.3 Å². The fraction of sp³-hybridized carbons (Fsp3) is 0.444. The zero-order valence-electron chi connectivity index (χ0n) is 13.0. The van der Waals surface area contributed by atoms with Crippen LogP contribution in [0.4, 0.5) is 0 Å². The quantitative estimate of drug-likeness (QED) is 0.773. The monoisotopic (exact) mass is 303 g/mol. The van der Waals surface area contributed by atoms with E-state index in [0.29, 0.717) is 23.8 Å². The second kappa shape index (κ2) is 7.62. The summed E-state index contributed by atoms with van der Waals surface area (Å²) in [5.41, 5.74) is 1.28. The lowest BCUT2D eigenvalue weighted by Crippen LogP contribution is -2.33. The molecule has 0 aliphatic rings. The Morgan fingerprint density at radius 1 is 1.10 bits per heavy atom. The first-order valence-electron chi connectivity index (χ1n) is 7.63. The van der Waals surface area contributed by atoms with Gasteiger partial charge in [-0.25, -0.2) is 0 Å². The standard InChI is InChI=1S/C18H25NOS/c1-13(2)18(17-5-4-12-21-17)19-14(3)6-7-15-8-10-16(20)11-9-15/h4-5,8-14,18-20H,6-7H2,1-3H3. The predicted octanol–water partition coefficient (Wildman–Crippen LogP) is 4.76. The van der Waals surface area contributed by atoms with Crippen LogP contribution in [-0.2, 0) is 6.42 Å². The van der Waals surface area contributed by atoms with Crippen molar-refractivity contribution in [2.75, 3.05) is 0 Å². The van der Waals surface area contributed by atoms with Crippen LogP contribution in [0.2, 0.25) is 0 Å². The lowest BCUT2D eigenvalue weighted by Gasteiger charge is -2.25. The van der Waals surface area contributed by atoms with Crippen molar-refractivity contribution in [2.45, 2.75) is 45.7 Å². The summed E-state index contributed by atoms with van der Waals surface area (Å²) < 4.78 is 0. The molecule has 0 spiro atoms.